The van der Waals surface area contributed by atoms with E-state index >= 15 is 0 Å². The van der Waals surface area contributed by atoms with Gasteiger partial charge in [-0.1, -0.05) is 0 Å². The molecule has 4 heteroatoms. The number of aromatic nitrogens is 2. The van der Waals surface area contributed by atoms with Crippen LogP contribution in [0.25, 0.3) is 0 Å². The quantitative estimate of drug-likeness (QED) is 0.883. The largest absolute Gasteiger partial charge is 0.466 e. The van der Waals surface area contributed by atoms with Gasteiger partial charge in [0.05, 0.1) is 12.3 Å². The normalized spacial score (nSPS) is 12.9. The first kappa shape index (κ1) is 11.9. The van der Waals surface area contributed by atoms with Crippen LogP contribution >= 0.6 is 0 Å². The number of nitrogens with zero attached hydrogens (tertiary/aromatic N) is 2. The average Bonchev–Trinajstić information content (AvgIpc) is 2.81. The highest BCUT2D eigenvalue weighted by Gasteiger charge is 2.14. The first-order chi connectivity index (χ1) is 8.06. The molecule has 1 atom stereocenters. The van der Waals surface area contributed by atoms with Crippen molar-refractivity contribution in [2.24, 2.45) is 7.05 Å². The highest BCUT2D eigenvalue weighted by Crippen LogP contribution is 2.25. The number of aryl methyl sites for hydroxylation is 4. The lowest BCUT2D eigenvalue weighted by atomic mass is 10.0. The number of hydrogen-bond acceptors (Lipinski definition) is 3. The fraction of sp³-hybridized carbons (Fsp3) is 0.462. The highest BCUT2D eigenvalue weighted by molar-refractivity contribution is 5.22. The van der Waals surface area contributed by atoms with Gasteiger partial charge in [0.2, 0.25) is 0 Å². The van der Waals surface area contributed by atoms with Crippen molar-refractivity contribution in [1.29, 1.82) is 0 Å². The Morgan fingerprint density at radius 3 is 2.76 bits per heavy atom. The molecule has 0 bridgehead atoms. The molecule has 0 fully saturated rings. The van der Waals surface area contributed by atoms with E-state index in [2.05, 4.69) is 5.10 Å². The van der Waals surface area contributed by atoms with Gasteiger partial charge in [0, 0.05) is 18.8 Å². The lowest BCUT2D eigenvalue weighted by molar-refractivity contribution is 0.166. The van der Waals surface area contributed by atoms with Crippen LogP contribution in [0.3, 0.4) is 0 Å². The Labute approximate surface area is 101 Å². The van der Waals surface area contributed by atoms with E-state index < -0.39 is 6.10 Å². The molecule has 0 amide bonds. The molecular weight excluding hydrogens is 216 g/mol. The standard InChI is InChI=1S/C13H18N2O2/c1-9-6-12(10(2)17-9)13(16)5-4-11-7-14-15(3)8-11/h6-8,13,16H,4-5H2,1-3H3. The minimum absolute atomic E-state index is 0.465. The third kappa shape index (κ3) is 2.77. The Morgan fingerprint density at radius 2 is 2.24 bits per heavy atom. The van der Waals surface area contributed by atoms with Gasteiger partial charge in [-0.15, -0.1) is 0 Å². The number of rotatable bonds is 4. The van der Waals surface area contributed by atoms with Crippen molar-refractivity contribution in [2.45, 2.75) is 32.8 Å². The molecule has 2 aromatic heterocycles. The van der Waals surface area contributed by atoms with Gasteiger partial charge in [-0.05, 0) is 38.3 Å². The summed E-state index contributed by atoms with van der Waals surface area (Å²) < 4.78 is 7.19. The smallest absolute Gasteiger partial charge is 0.106 e. The van der Waals surface area contributed by atoms with E-state index in [4.69, 9.17) is 4.42 Å². The van der Waals surface area contributed by atoms with Crippen molar-refractivity contribution in [3.05, 3.63) is 41.1 Å². The van der Waals surface area contributed by atoms with Crippen LogP contribution in [0.1, 0.15) is 35.2 Å². The topological polar surface area (TPSA) is 51.2 Å². The average molecular weight is 234 g/mol. The summed E-state index contributed by atoms with van der Waals surface area (Å²) >= 11 is 0. The lowest BCUT2D eigenvalue weighted by Gasteiger charge is -2.08. The SMILES string of the molecule is Cc1cc(C(O)CCc2cnn(C)c2)c(C)o1. The van der Waals surface area contributed by atoms with Crippen LogP contribution in [-0.2, 0) is 13.5 Å². The molecule has 2 heterocycles. The summed E-state index contributed by atoms with van der Waals surface area (Å²) in [4.78, 5) is 0. The molecule has 1 N–H and O–H groups in total. The fourth-order valence-corrected chi connectivity index (χ4v) is 2.04. The van der Waals surface area contributed by atoms with Crippen LogP contribution in [0, 0.1) is 13.8 Å². The van der Waals surface area contributed by atoms with Crippen molar-refractivity contribution in [3.63, 3.8) is 0 Å². The van der Waals surface area contributed by atoms with Gasteiger partial charge >= 0.3 is 0 Å². The molecule has 2 aromatic rings. The van der Waals surface area contributed by atoms with Gasteiger partial charge in [-0.3, -0.25) is 4.68 Å². The van der Waals surface area contributed by atoms with E-state index in [1.54, 1.807) is 4.68 Å². The maximum atomic E-state index is 10.1. The van der Waals surface area contributed by atoms with Crippen molar-refractivity contribution < 1.29 is 9.52 Å². The van der Waals surface area contributed by atoms with Crippen LogP contribution in [0.15, 0.2) is 22.9 Å². The summed E-state index contributed by atoms with van der Waals surface area (Å²) in [5, 5.41) is 14.2. The predicted molar refractivity (Wildman–Crippen MR) is 64.7 cm³/mol. The molecule has 0 saturated carbocycles. The second kappa shape index (κ2) is 4.75. The molecule has 0 radical (unpaired) electrons. The highest BCUT2D eigenvalue weighted by atomic mass is 16.3. The van der Waals surface area contributed by atoms with Crippen molar-refractivity contribution in [3.8, 4) is 0 Å². The number of furan rings is 1. The zero-order valence-electron chi connectivity index (χ0n) is 10.5. The summed E-state index contributed by atoms with van der Waals surface area (Å²) in [7, 11) is 1.89. The fourth-order valence-electron chi connectivity index (χ4n) is 2.04. The molecule has 0 spiro atoms. The van der Waals surface area contributed by atoms with Crippen LogP contribution in [0.5, 0.6) is 0 Å². The Bertz CT molecular complexity index is 499. The van der Waals surface area contributed by atoms with Gasteiger partial charge in [-0.25, -0.2) is 0 Å². The van der Waals surface area contributed by atoms with Crippen molar-refractivity contribution >= 4 is 0 Å². The maximum Gasteiger partial charge on any atom is 0.106 e. The van der Waals surface area contributed by atoms with Gasteiger partial charge in [-0.2, -0.15) is 5.10 Å². The summed E-state index contributed by atoms with van der Waals surface area (Å²) in [5.74, 6) is 1.65. The van der Waals surface area contributed by atoms with Crippen LogP contribution in [0.2, 0.25) is 0 Å². The third-order valence-electron chi connectivity index (χ3n) is 2.90. The molecule has 1 unspecified atom stereocenters. The van der Waals surface area contributed by atoms with Gasteiger partial charge in [0.15, 0.2) is 0 Å². The number of aliphatic hydroxyl groups is 1. The first-order valence-corrected chi connectivity index (χ1v) is 5.79. The zero-order chi connectivity index (χ0) is 12.4. The number of aliphatic hydroxyl groups excluding tert-OH is 1. The minimum atomic E-state index is -0.465. The predicted octanol–water partition coefficient (Wildman–Crippen LogP) is 2.30. The van der Waals surface area contributed by atoms with Gasteiger partial charge < -0.3 is 9.52 Å². The van der Waals surface area contributed by atoms with E-state index in [-0.39, 0.29) is 0 Å². The van der Waals surface area contributed by atoms with Crippen LogP contribution < -0.4 is 0 Å². The second-order valence-corrected chi connectivity index (χ2v) is 4.45. The van der Waals surface area contributed by atoms with E-state index in [0.717, 1.165) is 29.1 Å². The molecule has 2 rings (SSSR count). The minimum Gasteiger partial charge on any atom is -0.466 e. The van der Waals surface area contributed by atoms with Crippen LogP contribution in [0.4, 0.5) is 0 Å². The summed E-state index contributed by atoms with van der Waals surface area (Å²) in [6, 6.07) is 1.91. The summed E-state index contributed by atoms with van der Waals surface area (Å²) in [6.45, 7) is 3.78. The molecule has 0 aliphatic carbocycles. The lowest BCUT2D eigenvalue weighted by Crippen LogP contribution is -1.99. The molecule has 0 aliphatic rings. The summed E-state index contributed by atoms with van der Waals surface area (Å²) in [5.41, 5.74) is 2.04. The Balaban J connectivity index is 1.97. The zero-order valence-corrected chi connectivity index (χ0v) is 10.5. The van der Waals surface area contributed by atoms with Gasteiger partial charge in [0.25, 0.3) is 0 Å². The summed E-state index contributed by atoms with van der Waals surface area (Å²) in [6.07, 6.45) is 4.84. The molecule has 17 heavy (non-hydrogen) atoms. The monoisotopic (exact) mass is 234 g/mol. The molecule has 0 aliphatic heterocycles. The molecular formula is C13H18N2O2. The third-order valence-corrected chi connectivity index (χ3v) is 2.90. The second-order valence-electron chi connectivity index (χ2n) is 4.45. The van der Waals surface area contributed by atoms with E-state index in [1.165, 1.54) is 0 Å². The number of hydrogen-bond donors (Lipinski definition) is 1. The Kier molecular flexibility index (Phi) is 3.33. The van der Waals surface area contributed by atoms with Crippen molar-refractivity contribution in [2.75, 3.05) is 0 Å². The molecule has 4 nitrogen and oxygen atoms in total. The Morgan fingerprint density at radius 1 is 1.47 bits per heavy atom. The first-order valence-electron chi connectivity index (χ1n) is 5.79. The van der Waals surface area contributed by atoms with Crippen LogP contribution in [-0.4, -0.2) is 14.9 Å². The molecule has 0 aromatic carbocycles. The van der Waals surface area contributed by atoms with E-state index in [9.17, 15) is 5.11 Å². The molecule has 0 saturated heterocycles. The van der Waals surface area contributed by atoms with E-state index in [1.807, 2.05) is 39.4 Å². The maximum absolute atomic E-state index is 10.1. The van der Waals surface area contributed by atoms with E-state index in [0.29, 0.717) is 6.42 Å². The van der Waals surface area contributed by atoms with Gasteiger partial charge in [0.1, 0.15) is 11.5 Å². The molecule has 92 valence electrons. The van der Waals surface area contributed by atoms with Crippen molar-refractivity contribution in [1.82, 2.24) is 9.78 Å². The Hall–Kier alpha value is -1.55.